The van der Waals surface area contributed by atoms with Gasteiger partial charge >= 0.3 is 0 Å². The first-order valence-corrected chi connectivity index (χ1v) is 4.19. The van der Waals surface area contributed by atoms with Gasteiger partial charge in [-0.1, -0.05) is 0 Å². The Bertz CT molecular complexity index is 269. The molecule has 0 radical (unpaired) electrons. The van der Waals surface area contributed by atoms with Gasteiger partial charge in [0.2, 0.25) is 0 Å². The summed E-state index contributed by atoms with van der Waals surface area (Å²) in [4.78, 5) is 3.93. The highest BCUT2D eigenvalue weighted by Crippen LogP contribution is 2.26. The molecule has 0 saturated carbocycles. The van der Waals surface area contributed by atoms with Gasteiger partial charge in [-0.2, -0.15) is 0 Å². The fraction of sp³-hybridized carbons (Fsp3) is 0.400. The Hall–Kier alpha value is -1.38. The largest absolute Gasteiger partial charge is 0.508 e. The molecular weight excluding hydrogens is 164 g/mol. The van der Waals surface area contributed by atoms with Crippen LogP contribution in [0.2, 0.25) is 0 Å². The number of hydrogen-bond donors (Lipinski definition) is 1. The molecule has 0 amide bonds. The monoisotopic (exact) mass is 180 g/mol. The minimum Gasteiger partial charge on any atom is -0.508 e. The maximum Gasteiger partial charge on any atom is 0.119 e. The molecule has 0 saturated heterocycles. The maximum absolute atomic E-state index is 9.44. The number of aromatic hydroxyl groups is 1. The third-order valence-corrected chi connectivity index (χ3v) is 1.92. The van der Waals surface area contributed by atoms with E-state index < -0.39 is 0 Å². The van der Waals surface area contributed by atoms with Gasteiger partial charge in [-0.05, 0) is 6.07 Å². The standard InChI is InChI=1S/C10H16N2O/c1-11(2)8-5-9(12(3)4)7-10(13)6-8/h5-7,13H,1-4H3. The van der Waals surface area contributed by atoms with Crippen LogP contribution in [0, 0.1) is 0 Å². The minimum atomic E-state index is 0.301. The van der Waals surface area contributed by atoms with E-state index in [0.717, 1.165) is 11.4 Å². The number of hydrogen-bond acceptors (Lipinski definition) is 3. The van der Waals surface area contributed by atoms with Crippen LogP contribution in [0.25, 0.3) is 0 Å². The van der Waals surface area contributed by atoms with E-state index in [-0.39, 0.29) is 0 Å². The predicted molar refractivity (Wildman–Crippen MR) is 56.8 cm³/mol. The lowest BCUT2D eigenvalue weighted by atomic mass is 10.2. The molecule has 0 aliphatic rings. The van der Waals surface area contributed by atoms with Crippen molar-refractivity contribution in [1.29, 1.82) is 0 Å². The number of nitrogens with zero attached hydrogens (tertiary/aromatic N) is 2. The van der Waals surface area contributed by atoms with Crippen molar-refractivity contribution in [1.82, 2.24) is 0 Å². The quantitative estimate of drug-likeness (QED) is 0.747. The van der Waals surface area contributed by atoms with Crippen LogP contribution in [-0.4, -0.2) is 33.3 Å². The van der Waals surface area contributed by atoms with Crippen molar-refractivity contribution in [2.45, 2.75) is 0 Å². The number of rotatable bonds is 2. The van der Waals surface area contributed by atoms with Crippen LogP contribution in [0.4, 0.5) is 11.4 Å². The average molecular weight is 180 g/mol. The Kier molecular flexibility index (Phi) is 2.66. The van der Waals surface area contributed by atoms with Gasteiger partial charge in [0.15, 0.2) is 0 Å². The Balaban J connectivity index is 3.11. The van der Waals surface area contributed by atoms with Gasteiger partial charge in [0, 0.05) is 51.7 Å². The lowest BCUT2D eigenvalue weighted by Gasteiger charge is -2.18. The van der Waals surface area contributed by atoms with Crippen molar-refractivity contribution in [3.05, 3.63) is 18.2 Å². The molecule has 13 heavy (non-hydrogen) atoms. The van der Waals surface area contributed by atoms with Gasteiger partial charge in [-0.25, -0.2) is 0 Å². The molecule has 0 fully saturated rings. The molecule has 3 heteroatoms. The normalized spacial score (nSPS) is 9.85. The lowest BCUT2D eigenvalue weighted by Crippen LogP contribution is -2.12. The number of anilines is 2. The fourth-order valence-electron chi connectivity index (χ4n) is 1.10. The van der Waals surface area contributed by atoms with Crippen molar-refractivity contribution in [2.75, 3.05) is 38.0 Å². The molecule has 1 rings (SSSR count). The van der Waals surface area contributed by atoms with Gasteiger partial charge in [-0.3, -0.25) is 0 Å². The fourth-order valence-corrected chi connectivity index (χ4v) is 1.10. The SMILES string of the molecule is CN(C)c1cc(O)cc(N(C)C)c1. The molecule has 3 nitrogen and oxygen atoms in total. The summed E-state index contributed by atoms with van der Waals surface area (Å²) >= 11 is 0. The third-order valence-electron chi connectivity index (χ3n) is 1.92. The maximum atomic E-state index is 9.44. The Morgan fingerprint density at radius 1 is 0.846 bits per heavy atom. The zero-order chi connectivity index (χ0) is 10.0. The molecule has 0 heterocycles. The topological polar surface area (TPSA) is 26.7 Å². The molecule has 1 aromatic carbocycles. The molecule has 72 valence electrons. The Labute approximate surface area is 79.2 Å². The second-order valence-corrected chi connectivity index (χ2v) is 3.50. The van der Waals surface area contributed by atoms with Gasteiger partial charge < -0.3 is 14.9 Å². The van der Waals surface area contributed by atoms with Crippen LogP contribution in [-0.2, 0) is 0 Å². The second kappa shape index (κ2) is 3.56. The zero-order valence-corrected chi connectivity index (χ0v) is 8.57. The lowest BCUT2D eigenvalue weighted by molar-refractivity contribution is 0.475. The van der Waals surface area contributed by atoms with E-state index in [0.29, 0.717) is 5.75 Å². The molecule has 1 aromatic rings. The zero-order valence-electron chi connectivity index (χ0n) is 8.57. The molecule has 0 aromatic heterocycles. The van der Waals surface area contributed by atoms with Crippen molar-refractivity contribution < 1.29 is 5.11 Å². The highest BCUT2D eigenvalue weighted by atomic mass is 16.3. The molecule has 0 atom stereocenters. The molecule has 0 bridgehead atoms. The second-order valence-electron chi connectivity index (χ2n) is 3.50. The molecule has 1 N–H and O–H groups in total. The van der Waals surface area contributed by atoms with Gasteiger partial charge in [0.25, 0.3) is 0 Å². The average Bonchev–Trinajstić information content (AvgIpc) is 2.03. The molecule has 0 aliphatic heterocycles. The van der Waals surface area contributed by atoms with E-state index in [1.54, 1.807) is 12.1 Å². The molecule has 0 unspecified atom stereocenters. The van der Waals surface area contributed by atoms with Crippen LogP contribution in [0.15, 0.2) is 18.2 Å². The van der Waals surface area contributed by atoms with Crippen molar-refractivity contribution in [2.24, 2.45) is 0 Å². The number of benzene rings is 1. The van der Waals surface area contributed by atoms with Gasteiger partial charge in [-0.15, -0.1) is 0 Å². The van der Waals surface area contributed by atoms with Crippen LogP contribution >= 0.6 is 0 Å². The molecular formula is C10H16N2O. The number of phenols is 1. The molecule has 0 aliphatic carbocycles. The van der Waals surface area contributed by atoms with E-state index in [2.05, 4.69) is 0 Å². The van der Waals surface area contributed by atoms with Crippen LogP contribution in [0.3, 0.4) is 0 Å². The summed E-state index contributed by atoms with van der Waals surface area (Å²) in [5.41, 5.74) is 2.01. The van der Waals surface area contributed by atoms with E-state index in [9.17, 15) is 5.11 Å². The Morgan fingerprint density at radius 3 is 1.54 bits per heavy atom. The van der Waals surface area contributed by atoms with E-state index >= 15 is 0 Å². The minimum absolute atomic E-state index is 0.301. The summed E-state index contributed by atoms with van der Waals surface area (Å²) in [5, 5.41) is 9.44. The van der Waals surface area contributed by atoms with Crippen LogP contribution in [0.1, 0.15) is 0 Å². The first kappa shape index (κ1) is 9.71. The smallest absolute Gasteiger partial charge is 0.119 e. The van der Waals surface area contributed by atoms with E-state index in [4.69, 9.17) is 0 Å². The number of phenolic OH excluding ortho intramolecular Hbond substituents is 1. The van der Waals surface area contributed by atoms with E-state index in [1.165, 1.54) is 0 Å². The van der Waals surface area contributed by atoms with Crippen molar-refractivity contribution >= 4 is 11.4 Å². The summed E-state index contributed by atoms with van der Waals surface area (Å²) < 4.78 is 0. The van der Waals surface area contributed by atoms with Gasteiger partial charge in [0.1, 0.15) is 5.75 Å². The van der Waals surface area contributed by atoms with Crippen molar-refractivity contribution in [3.63, 3.8) is 0 Å². The van der Waals surface area contributed by atoms with E-state index in [1.807, 2.05) is 44.1 Å². The first-order valence-electron chi connectivity index (χ1n) is 4.19. The Morgan fingerprint density at radius 2 is 1.23 bits per heavy atom. The summed E-state index contributed by atoms with van der Waals surface area (Å²) in [6.45, 7) is 0. The highest BCUT2D eigenvalue weighted by Gasteiger charge is 2.02. The van der Waals surface area contributed by atoms with Crippen LogP contribution < -0.4 is 9.80 Å². The third kappa shape index (κ3) is 2.28. The van der Waals surface area contributed by atoms with Crippen LogP contribution in [0.5, 0.6) is 5.75 Å². The summed E-state index contributed by atoms with van der Waals surface area (Å²) in [6.07, 6.45) is 0. The summed E-state index contributed by atoms with van der Waals surface area (Å²) in [7, 11) is 7.81. The van der Waals surface area contributed by atoms with Gasteiger partial charge in [0.05, 0.1) is 0 Å². The predicted octanol–water partition coefficient (Wildman–Crippen LogP) is 1.52. The first-order chi connectivity index (χ1) is 6.00. The van der Waals surface area contributed by atoms with Crippen molar-refractivity contribution in [3.8, 4) is 5.75 Å². The summed E-state index contributed by atoms with van der Waals surface area (Å²) in [5.74, 6) is 0.301. The molecule has 0 spiro atoms. The highest BCUT2D eigenvalue weighted by molar-refractivity contribution is 5.62. The summed E-state index contributed by atoms with van der Waals surface area (Å²) in [6, 6.07) is 5.51.